The Labute approximate surface area is 114 Å². The second-order valence-electron chi connectivity index (χ2n) is 7.39. The minimum atomic E-state index is 0.451. The number of hydrogen-bond donors (Lipinski definition) is 1. The monoisotopic (exact) mass is 255 g/mol. The van der Waals surface area contributed by atoms with Crippen molar-refractivity contribution in [1.82, 2.24) is 5.32 Å². The van der Waals surface area contributed by atoms with Crippen LogP contribution in [0.1, 0.15) is 53.4 Å². The lowest BCUT2D eigenvalue weighted by Gasteiger charge is -2.47. The molecule has 0 aromatic rings. The topological polar surface area (TPSA) is 21.3 Å². The van der Waals surface area contributed by atoms with Gasteiger partial charge in [0.25, 0.3) is 0 Å². The van der Waals surface area contributed by atoms with Crippen molar-refractivity contribution in [3.8, 4) is 0 Å². The molecule has 0 aromatic heterocycles. The SMILES string of the molecule is CNCC1(C(C)COC)CCC(C(C)(C)C)CC1. The van der Waals surface area contributed by atoms with E-state index < -0.39 is 0 Å². The Morgan fingerprint density at radius 2 is 1.83 bits per heavy atom. The molecule has 1 aliphatic carbocycles. The number of nitrogens with one attached hydrogen (secondary N) is 1. The van der Waals surface area contributed by atoms with Crippen molar-refractivity contribution in [2.75, 3.05) is 27.3 Å². The van der Waals surface area contributed by atoms with Crippen LogP contribution in [-0.4, -0.2) is 27.3 Å². The molecule has 1 aliphatic rings. The molecule has 0 bridgehead atoms. The van der Waals surface area contributed by atoms with Crippen LogP contribution in [0, 0.1) is 22.7 Å². The van der Waals surface area contributed by atoms with Gasteiger partial charge in [-0.15, -0.1) is 0 Å². The van der Waals surface area contributed by atoms with Gasteiger partial charge in [-0.25, -0.2) is 0 Å². The van der Waals surface area contributed by atoms with Crippen LogP contribution in [0.4, 0.5) is 0 Å². The Balaban J connectivity index is 2.67. The van der Waals surface area contributed by atoms with Gasteiger partial charge in [0.1, 0.15) is 0 Å². The van der Waals surface area contributed by atoms with Gasteiger partial charge >= 0.3 is 0 Å². The molecule has 0 radical (unpaired) electrons. The average molecular weight is 255 g/mol. The van der Waals surface area contributed by atoms with Crippen molar-refractivity contribution in [2.24, 2.45) is 22.7 Å². The molecular weight excluding hydrogens is 222 g/mol. The van der Waals surface area contributed by atoms with Crippen LogP contribution in [0.3, 0.4) is 0 Å². The highest BCUT2D eigenvalue weighted by molar-refractivity contribution is 4.93. The van der Waals surface area contributed by atoms with E-state index in [0.29, 0.717) is 16.7 Å². The molecule has 1 saturated carbocycles. The van der Waals surface area contributed by atoms with Crippen molar-refractivity contribution in [2.45, 2.75) is 53.4 Å². The van der Waals surface area contributed by atoms with Gasteiger partial charge in [0.15, 0.2) is 0 Å². The lowest BCUT2D eigenvalue weighted by Crippen LogP contribution is -2.44. The van der Waals surface area contributed by atoms with Gasteiger partial charge in [0, 0.05) is 20.3 Å². The summed E-state index contributed by atoms with van der Waals surface area (Å²) in [7, 11) is 3.90. The molecule has 1 rings (SSSR count). The Morgan fingerprint density at radius 3 is 2.22 bits per heavy atom. The molecule has 0 aromatic carbocycles. The van der Waals surface area contributed by atoms with E-state index in [4.69, 9.17) is 4.74 Å². The summed E-state index contributed by atoms with van der Waals surface area (Å²) in [5.74, 6) is 1.54. The molecule has 18 heavy (non-hydrogen) atoms. The molecule has 1 fully saturated rings. The summed E-state index contributed by atoms with van der Waals surface area (Å²) in [5, 5.41) is 3.42. The molecule has 1 unspecified atom stereocenters. The summed E-state index contributed by atoms with van der Waals surface area (Å²) < 4.78 is 5.39. The fraction of sp³-hybridized carbons (Fsp3) is 1.00. The lowest BCUT2D eigenvalue weighted by atomic mass is 9.60. The highest BCUT2D eigenvalue weighted by atomic mass is 16.5. The zero-order chi connectivity index (χ0) is 13.8. The molecule has 108 valence electrons. The summed E-state index contributed by atoms with van der Waals surface area (Å²) in [4.78, 5) is 0. The summed E-state index contributed by atoms with van der Waals surface area (Å²) >= 11 is 0. The highest BCUT2D eigenvalue weighted by Gasteiger charge is 2.41. The number of methoxy groups -OCH3 is 1. The fourth-order valence-electron chi connectivity index (χ4n) is 3.68. The molecule has 1 N–H and O–H groups in total. The molecule has 1 atom stereocenters. The third-order valence-electron chi connectivity index (χ3n) is 5.20. The van der Waals surface area contributed by atoms with Gasteiger partial charge in [0.2, 0.25) is 0 Å². The molecule has 0 amide bonds. The lowest BCUT2D eigenvalue weighted by molar-refractivity contribution is 0.0107. The standard InChI is InChI=1S/C16H33NO/c1-13(11-18-6)16(12-17-5)9-7-14(8-10-16)15(2,3)4/h13-14,17H,7-12H2,1-6H3. The predicted molar refractivity (Wildman–Crippen MR) is 78.8 cm³/mol. The normalized spacial score (nSPS) is 31.3. The molecule has 0 aliphatic heterocycles. The van der Waals surface area contributed by atoms with E-state index in [0.717, 1.165) is 19.1 Å². The minimum Gasteiger partial charge on any atom is -0.384 e. The Hall–Kier alpha value is -0.0800. The van der Waals surface area contributed by atoms with Gasteiger partial charge in [-0.2, -0.15) is 0 Å². The third-order valence-corrected chi connectivity index (χ3v) is 5.20. The highest BCUT2D eigenvalue weighted by Crippen LogP contribution is 2.48. The molecule has 2 nitrogen and oxygen atoms in total. The van der Waals surface area contributed by atoms with E-state index in [9.17, 15) is 0 Å². The Kier molecular flexibility index (Phi) is 5.67. The first-order chi connectivity index (χ1) is 8.35. The maximum absolute atomic E-state index is 5.39. The predicted octanol–water partition coefficient (Wildman–Crippen LogP) is 3.71. The zero-order valence-corrected chi connectivity index (χ0v) is 13.3. The van der Waals surface area contributed by atoms with Crippen LogP contribution in [0.2, 0.25) is 0 Å². The molecule has 0 spiro atoms. The van der Waals surface area contributed by atoms with Crippen LogP contribution < -0.4 is 5.32 Å². The zero-order valence-electron chi connectivity index (χ0n) is 13.3. The largest absolute Gasteiger partial charge is 0.384 e. The quantitative estimate of drug-likeness (QED) is 0.808. The Bertz CT molecular complexity index is 236. The van der Waals surface area contributed by atoms with E-state index >= 15 is 0 Å². The van der Waals surface area contributed by atoms with Crippen molar-refractivity contribution >= 4 is 0 Å². The van der Waals surface area contributed by atoms with E-state index in [-0.39, 0.29) is 0 Å². The van der Waals surface area contributed by atoms with Crippen molar-refractivity contribution in [3.63, 3.8) is 0 Å². The van der Waals surface area contributed by atoms with Crippen LogP contribution >= 0.6 is 0 Å². The summed E-state index contributed by atoms with van der Waals surface area (Å²) in [6.45, 7) is 11.6. The van der Waals surface area contributed by atoms with E-state index in [1.54, 1.807) is 0 Å². The van der Waals surface area contributed by atoms with E-state index in [1.807, 2.05) is 7.11 Å². The molecule has 0 saturated heterocycles. The van der Waals surface area contributed by atoms with Gasteiger partial charge in [-0.05, 0) is 55.4 Å². The second-order valence-corrected chi connectivity index (χ2v) is 7.39. The van der Waals surface area contributed by atoms with E-state index in [1.165, 1.54) is 25.7 Å². The van der Waals surface area contributed by atoms with E-state index in [2.05, 4.69) is 40.1 Å². The third kappa shape index (κ3) is 3.71. The van der Waals surface area contributed by atoms with Gasteiger partial charge in [0.05, 0.1) is 0 Å². The Morgan fingerprint density at radius 1 is 1.28 bits per heavy atom. The smallest absolute Gasteiger partial charge is 0.0493 e. The fourth-order valence-corrected chi connectivity index (χ4v) is 3.68. The first-order valence-corrected chi connectivity index (χ1v) is 7.49. The maximum atomic E-state index is 5.39. The summed E-state index contributed by atoms with van der Waals surface area (Å²) in [6, 6.07) is 0. The van der Waals surface area contributed by atoms with Crippen molar-refractivity contribution < 1.29 is 4.74 Å². The second kappa shape index (κ2) is 6.38. The van der Waals surface area contributed by atoms with Crippen molar-refractivity contribution in [3.05, 3.63) is 0 Å². The first kappa shape index (κ1) is 16.0. The van der Waals surface area contributed by atoms with Crippen LogP contribution in [0.5, 0.6) is 0 Å². The number of hydrogen-bond acceptors (Lipinski definition) is 2. The summed E-state index contributed by atoms with van der Waals surface area (Å²) in [5.41, 5.74) is 0.919. The minimum absolute atomic E-state index is 0.451. The molecular formula is C16H33NO. The number of ether oxygens (including phenoxy) is 1. The average Bonchev–Trinajstić information content (AvgIpc) is 2.29. The van der Waals surface area contributed by atoms with Gasteiger partial charge < -0.3 is 10.1 Å². The van der Waals surface area contributed by atoms with Gasteiger partial charge in [-0.1, -0.05) is 27.7 Å². The first-order valence-electron chi connectivity index (χ1n) is 7.49. The molecule has 2 heteroatoms. The molecule has 0 heterocycles. The number of rotatable bonds is 5. The van der Waals surface area contributed by atoms with Crippen LogP contribution in [-0.2, 0) is 4.74 Å². The summed E-state index contributed by atoms with van der Waals surface area (Å²) in [6.07, 6.45) is 5.44. The van der Waals surface area contributed by atoms with Gasteiger partial charge in [-0.3, -0.25) is 0 Å². The van der Waals surface area contributed by atoms with Crippen LogP contribution in [0.15, 0.2) is 0 Å². The maximum Gasteiger partial charge on any atom is 0.0493 e. The van der Waals surface area contributed by atoms with Crippen LogP contribution in [0.25, 0.3) is 0 Å². The van der Waals surface area contributed by atoms with Crippen molar-refractivity contribution in [1.29, 1.82) is 0 Å².